The maximum Gasteiger partial charge on any atom is 0.227 e. The van der Waals surface area contributed by atoms with Crippen LogP contribution in [0.3, 0.4) is 0 Å². The number of nitrogens with zero attached hydrogens (tertiary/aromatic N) is 5. The van der Waals surface area contributed by atoms with Crippen LogP contribution in [0.25, 0.3) is 22.4 Å². The minimum atomic E-state index is -0.251. The number of aliphatic hydroxyl groups excluding tert-OH is 1. The van der Waals surface area contributed by atoms with Gasteiger partial charge in [-0.25, -0.2) is 9.97 Å². The number of hydrogen-bond donors (Lipinski definition) is 2. The van der Waals surface area contributed by atoms with Gasteiger partial charge in [-0.1, -0.05) is 6.92 Å². The van der Waals surface area contributed by atoms with Gasteiger partial charge in [-0.3, -0.25) is 9.67 Å². The quantitative estimate of drug-likeness (QED) is 0.467. The van der Waals surface area contributed by atoms with E-state index in [4.69, 9.17) is 9.72 Å². The predicted octanol–water partition coefficient (Wildman–Crippen LogP) is 3.89. The monoisotopic (exact) mass is 442 g/mol. The molecule has 4 aromatic rings. The van der Waals surface area contributed by atoms with Gasteiger partial charge in [-0.15, -0.1) is 0 Å². The van der Waals surface area contributed by atoms with Crippen molar-refractivity contribution in [1.82, 2.24) is 24.7 Å². The van der Waals surface area contributed by atoms with E-state index in [0.29, 0.717) is 5.95 Å². The molecule has 0 aliphatic heterocycles. The molecular weight excluding hydrogens is 416 g/mol. The summed E-state index contributed by atoms with van der Waals surface area (Å²) in [5, 5.41) is 17.4. The fourth-order valence-corrected chi connectivity index (χ4v) is 4.32. The topological polar surface area (TPSA) is 98.0 Å². The molecule has 1 unspecified atom stereocenters. The Kier molecular flexibility index (Phi) is 5.30. The largest absolute Gasteiger partial charge is 0.496 e. The lowest BCUT2D eigenvalue weighted by atomic mass is 9.85. The number of anilines is 2. The van der Waals surface area contributed by atoms with Gasteiger partial charge in [-0.05, 0) is 42.7 Å². The van der Waals surface area contributed by atoms with Crippen LogP contribution < -0.4 is 10.1 Å². The second kappa shape index (κ2) is 8.29. The van der Waals surface area contributed by atoms with Gasteiger partial charge in [0.05, 0.1) is 25.6 Å². The van der Waals surface area contributed by atoms with Crippen molar-refractivity contribution in [3.8, 4) is 28.1 Å². The predicted molar refractivity (Wildman–Crippen MR) is 127 cm³/mol. The number of hydrogen-bond acceptors (Lipinski definition) is 7. The van der Waals surface area contributed by atoms with E-state index >= 15 is 0 Å². The summed E-state index contributed by atoms with van der Waals surface area (Å²) >= 11 is 0. The number of aryl methyl sites for hydroxylation is 2. The van der Waals surface area contributed by atoms with Gasteiger partial charge in [0.25, 0.3) is 0 Å². The van der Waals surface area contributed by atoms with Crippen LogP contribution in [0, 0.1) is 0 Å². The molecule has 0 spiro atoms. The Bertz CT molecular complexity index is 1320. The van der Waals surface area contributed by atoms with Crippen LogP contribution in [0.5, 0.6) is 5.75 Å². The molecule has 168 valence electrons. The van der Waals surface area contributed by atoms with Crippen molar-refractivity contribution in [3.05, 3.63) is 66.4 Å². The fourth-order valence-electron chi connectivity index (χ4n) is 4.32. The van der Waals surface area contributed by atoms with Crippen molar-refractivity contribution in [1.29, 1.82) is 0 Å². The third kappa shape index (κ3) is 3.93. The van der Waals surface area contributed by atoms with Gasteiger partial charge in [-0.2, -0.15) is 5.10 Å². The van der Waals surface area contributed by atoms with Crippen LogP contribution in [0.15, 0.2) is 55.1 Å². The molecule has 5 rings (SSSR count). The maximum absolute atomic E-state index is 9.90. The molecule has 0 bridgehead atoms. The number of rotatable bonds is 6. The number of methoxy groups -OCH3 is 1. The second-order valence-electron chi connectivity index (χ2n) is 8.65. The van der Waals surface area contributed by atoms with Crippen molar-refractivity contribution in [2.45, 2.75) is 25.2 Å². The lowest BCUT2D eigenvalue weighted by Gasteiger charge is -2.22. The summed E-state index contributed by atoms with van der Waals surface area (Å²) in [5.74, 6) is 1.21. The van der Waals surface area contributed by atoms with Crippen molar-refractivity contribution >= 4 is 11.6 Å². The van der Waals surface area contributed by atoms with Gasteiger partial charge >= 0.3 is 0 Å². The van der Waals surface area contributed by atoms with Gasteiger partial charge in [0, 0.05) is 65.2 Å². The van der Waals surface area contributed by atoms with Crippen LogP contribution in [-0.4, -0.2) is 43.6 Å². The van der Waals surface area contributed by atoms with E-state index in [1.54, 1.807) is 18.0 Å². The Labute approximate surface area is 192 Å². The first-order chi connectivity index (χ1) is 16.0. The number of aliphatic hydroxyl groups is 1. The third-order valence-electron chi connectivity index (χ3n) is 6.31. The lowest BCUT2D eigenvalue weighted by molar-refractivity contribution is 0.206. The minimum Gasteiger partial charge on any atom is -0.496 e. The fraction of sp³-hybridized carbons (Fsp3) is 0.280. The zero-order chi connectivity index (χ0) is 23.0. The minimum absolute atomic E-state index is 0.110. The first kappa shape index (κ1) is 21.1. The maximum atomic E-state index is 9.90. The number of ether oxygens (including phenoxy) is 1. The van der Waals surface area contributed by atoms with Crippen LogP contribution in [0.4, 0.5) is 11.6 Å². The van der Waals surface area contributed by atoms with E-state index in [9.17, 15) is 5.11 Å². The summed E-state index contributed by atoms with van der Waals surface area (Å²) in [6.07, 6.45) is 9.13. The number of fused-ring (bicyclic) bond motifs is 1. The molecule has 3 heterocycles. The van der Waals surface area contributed by atoms with Crippen LogP contribution >= 0.6 is 0 Å². The second-order valence-corrected chi connectivity index (χ2v) is 8.65. The molecule has 2 N–H and O–H groups in total. The highest BCUT2D eigenvalue weighted by molar-refractivity contribution is 5.74. The molecule has 8 heteroatoms. The molecule has 0 fully saturated rings. The highest BCUT2D eigenvalue weighted by Gasteiger charge is 2.35. The van der Waals surface area contributed by atoms with E-state index in [-0.39, 0.29) is 12.0 Å². The van der Waals surface area contributed by atoms with E-state index in [1.807, 2.05) is 49.9 Å². The first-order valence-electron chi connectivity index (χ1n) is 10.9. The third-order valence-corrected chi connectivity index (χ3v) is 6.31. The molecular formula is C25H26N6O2. The number of pyridine rings is 1. The number of nitrogens with one attached hydrogen (secondary N) is 1. The highest BCUT2D eigenvalue weighted by Crippen LogP contribution is 2.39. The van der Waals surface area contributed by atoms with Gasteiger partial charge in [0.15, 0.2) is 0 Å². The SMILES string of the molecule is COc1cc(Nc2nccc(-c3cnc4c(c3)C(C)(CO)CC4)n2)ccc1-c1cnn(C)c1. The Hall–Kier alpha value is -3.78. The van der Waals surface area contributed by atoms with Crippen LogP contribution in [-0.2, 0) is 18.9 Å². The molecule has 1 aromatic carbocycles. The standard InChI is InChI=1S/C25H26N6O2/c1-25(15-32)8-6-22-20(25)10-16(12-27-22)21-7-9-26-24(30-21)29-18-4-5-19(23(11-18)33-3)17-13-28-31(2)14-17/h4-5,7,9-14,32H,6,8,15H2,1-3H3,(H,26,29,30). The van der Waals surface area contributed by atoms with Crippen molar-refractivity contribution < 1.29 is 9.84 Å². The van der Waals surface area contributed by atoms with Crippen molar-refractivity contribution in [2.75, 3.05) is 19.0 Å². The molecule has 0 radical (unpaired) electrons. The zero-order valence-corrected chi connectivity index (χ0v) is 18.9. The summed E-state index contributed by atoms with van der Waals surface area (Å²) in [6.45, 7) is 2.19. The molecule has 0 amide bonds. The smallest absolute Gasteiger partial charge is 0.227 e. The molecule has 8 nitrogen and oxygen atoms in total. The summed E-state index contributed by atoms with van der Waals surface area (Å²) in [7, 11) is 3.54. The van der Waals surface area contributed by atoms with Crippen LogP contribution in [0.2, 0.25) is 0 Å². The first-order valence-corrected chi connectivity index (χ1v) is 10.9. The highest BCUT2D eigenvalue weighted by atomic mass is 16.5. The van der Waals surface area contributed by atoms with Crippen LogP contribution in [0.1, 0.15) is 24.6 Å². The summed E-state index contributed by atoms with van der Waals surface area (Å²) < 4.78 is 7.37. The van der Waals surface area contributed by atoms with E-state index in [1.165, 1.54) is 0 Å². The summed E-state index contributed by atoms with van der Waals surface area (Å²) in [5.41, 5.74) is 6.35. The van der Waals surface area contributed by atoms with E-state index < -0.39 is 0 Å². The van der Waals surface area contributed by atoms with Gasteiger partial charge < -0.3 is 15.2 Å². The van der Waals surface area contributed by atoms with Gasteiger partial charge in [0.1, 0.15) is 5.75 Å². The summed E-state index contributed by atoms with van der Waals surface area (Å²) in [6, 6.07) is 9.84. The van der Waals surface area contributed by atoms with Crippen molar-refractivity contribution in [3.63, 3.8) is 0 Å². The molecule has 3 aromatic heterocycles. The number of benzene rings is 1. The average Bonchev–Trinajstić information content (AvgIpc) is 3.42. The zero-order valence-electron chi connectivity index (χ0n) is 18.9. The Morgan fingerprint density at radius 2 is 2.03 bits per heavy atom. The molecule has 33 heavy (non-hydrogen) atoms. The van der Waals surface area contributed by atoms with Gasteiger partial charge in [0.2, 0.25) is 5.95 Å². The molecule has 1 aliphatic carbocycles. The average molecular weight is 443 g/mol. The molecule has 0 saturated carbocycles. The van der Waals surface area contributed by atoms with E-state index in [2.05, 4.69) is 33.4 Å². The Balaban J connectivity index is 1.42. The molecule has 1 atom stereocenters. The number of aromatic nitrogens is 5. The Morgan fingerprint density at radius 3 is 2.79 bits per heavy atom. The molecule has 1 aliphatic rings. The Morgan fingerprint density at radius 1 is 1.15 bits per heavy atom. The molecule has 0 saturated heterocycles. The lowest BCUT2D eigenvalue weighted by Crippen LogP contribution is -2.23. The van der Waals surface area contributed by atoms with Crippen molar-refractivity contribution in [2.24, 2.45) is 7.05 Å². The normalized spacial score (nSPS) is 17.1. The van der Waals surface area contributed by atoms with E-state index in [0.717, 1.165) is 57.9 Å². The summed E-state index contributed by atoms with van der Waals surface area (Å²) in [4.78, 5) is 13.7.